The van der Waals surface area contributed by atoms with Gasteiger partial charge in [0, 0.05) is 30.8 Å². The van der Waals surface area contributed by atoms with Gasteiger partial charge in [-0.2, -0.15) is 17.5 Å². The van der Waals surface area contributed by atoms with E-state index in [4.69, 9.17) is 0 Å². The number of nitrogens with one attached hydrogen (secondary N) is 1. The molecule has 3 aliphatic rings. The Morgan fingerprint density at radius 2 is 1.82 bits per heavy atom. The first-order chi connectivity index (χ1) is 13.0. The molecule has 158 valence electrons. The molecule has 0 aromatic heterocycles. The molecule has 1 N–H and O–H groups in total. The molecule has 1 amide bonds. The fourth-order valence-corrected chi connectivity index (χ4v) is 5.28. The van der Waals surface area contributed by atoms with Gasteiger partial charge in [0.1, 0.15) is 11.4 Å². The van der Waals surface area contributed by atoms with E-state index in [1.165, 1.54) is 4.31 Å². The first-order valence-corrected chi connectivity index (χ1v) is 11.2. The highest BCUT2D eigenvalue weighted by Crippen LogP contribution is 2.38. The van der Waals surface area contributed by atoms with Crippen molar-refractivity contribution in [1.82, 2.24) is 9.62 Å². The van der Waals surface area contributed by atoms with Crippen LogP contribution in [0.3, 0.4) is 0 Å². The molecule has 10 heteroatoms. The number of hydrogen-bond donors (Lipinski definition) is 1. The Bertz CT molecular complexity index is 748. The van der Waals surface area contributed by atoms with E-state index in [1.54, 1.807) is 0 Å². The number of sulfonamides is 1. The molecule has 2 heterocycles. The van der Waals surface area contributed by atoms with Gasteiger partial charge in [-0.05, 0) is 50.9 Å². The van der Waals surface area contributed by atoms with Gasteiger partial charge in [-0.1, -0.05) is 6.58 Å². The van der Waals surface area contributed by atoms with Crippen molar-refractivity contribution in [2.45, 2.75) is 63.1 Å². The lowest BCUT2D eigenvalue weighted by atomic mass is 9.79. The molecule has 28 heavy (non-hydrogen) atoms. The summed E-state index contributed by atoms with van der Waals surface area (Å²) in [5.41, 5.74) is -0.921. The van der Waals surface area contributed by atoms with E-state index in [-0.39, 0.29) is 37.3 Å². The topological polar surface area (TPSA) is 78.8 Å². The van der Waals surface area contributed by atoms with E-state index in [1.807, 2.05) is 0 Å². The van der Waals surface area contributed by atoms with Crippen LogP contribution in [0.2, 0.25) is 0 Å². The largest absolute Gasteiger partial charge is 0.389 e. The van der Waals surface area contributed by atoms with Gasteiger partial charge in [0.2, 0.25) is 10.0 Å². The summed E-state index contributed by atoms with van der Waals surface area (Å²) in [7, 11) is -3.50. The van der Waals surface area contributed by atoms with E-state index in [0.717, 1.165) is 5.41 Å². The van der Waals surface area contributed by atoms with Crippen molar-refractivity contribution in [2.75, 3.05) is 13.1 Å². The van der Waals surface area contributed by atoms with Crippen LogP contribution in [0.15, 0.2) is 17.0 Å². The smallest absolute Gasteiger partial charge is 0.312 e. The van der Waals surface area contributed by atoms with Gasteiger partial charge in [0.15, 0.2) is 0 Å². The average Bonchev–Trinajstić information content (AvgIpc) is 2.96. The minimum absolute atomic E-state index is 0.0559. The fraction of sp³-hybridized carbons (Fsp3) is 0.778. The van der Waals surface area contributed by atoms with Crippen molar-refractivity contribution in [3.05, 3.63) is 12.0 Å². The van der Waals surface area contributed by atoms with E-state index in [2.05, 4.69) is 16.9 Å². The van der Waals surface area contributed by atoms with E-state index in [9.17, 15) is 26.4 Å². The molecule has 0 radical (unpaired) electrons. The molecule has 1 spiro atoms. The maximum Gasteiger partial charge on any atom is 0.389 e. The monoisotopic (exact) mass is 421 g/mol. The Labute approximate surface area is 163 Å². The molecule has 0 bridgehead atoms. The maximum absolute atomic E-state index is 12.6. The third kappa shape index (κ3) is 4.59. The molecule has 1 saturated carbocycles. The van der Waals surface area contributed by atoms with Crippen LogP contribution < -0.4 is 5.32 Å². The number of aliphatic imine (C=N–C) groups is 1. The highest BCUT2D eigenvalue weighted by atomic mass is 32.2. The number of carbonyl (C=O) groups is 1. The minimum atomic E-state index is -4.11. The second-order valence-corrected chi connectivity index (χ2v) is 9.84. The van der Waals surface area contributed by atoms with E-state index >= 15 is 0 Å². The normalized spacial score (nSPS) is 28.8. The Morgan fingerprint density at radius 1 is 1.21 bits per heavy atom. The van der Waals surface area contributed by atoms with Crippen molar-refractivity contribution in [3.63, 3.8) is 0 Å². The van der Waals surface area contributed by atoms with Crippen LogP contribution in [0.25, 0.3) is 0 Å². The Kier molecular flexibility index (Phi) is 5.91. The van der Waals surface area contributed by atoms with Gasteiger partial charge < -0.3 is 5.32 Å². The lowest BCUT2D eigenvalue weighted by Gasteiger charge is -2.34. The second-order valence-electron chi connectivity index (χ2n) is 7.96. The first kappa shape index (κ1) is 21.3. The number of halogens is 3. The summed E-state index contributed by atoms with van der Waals surface area (Å²) >= 11 is 0. The van der Waals surface area contributed by atoms with Gasteiger partial charge in [-0.25, -0.2) is 8.42 Å². The van der Waals surface area contributed by atoms with Gasteiger partial charge >= 0.3 is 6.18 Å². The number of piperidine rings is 1. The molecule has 6 nitrogen and oxygen atoms in total. The molecule has 0 atom stereocenters. The number of alkyl halides is 3. The van der Waals surface area contributed by atoms with Crippen LogP contribution >= 0.6 is 0 Å². The molecular weight excluding hydrogens is 395 g/mol. The summed E-state index contributed by atoms with van der Waals surface area (Å²) in [5, 5.41) is 3.77. The Morgan fingerprint density at radius 3 is 2.36 bits per heavy atom. The zero-order valence-corrected chi connectivity index (χ0v) is 16.5. The second kappa shape index (κ2) is 7.78. The maximum atomic E-state index is 12.6. The van der Waals surface area contributed by atoms with Gasteiger partial charge in [-0.15, -0.1) is 0 Å². The third-order valence-corrected chi connectivity index (χ3v) is 7.69. The molecule has 2 fully saturated rings. The molecule has 1 aliphatic carbocycles. The van der Waals surface area contributed by atoms with Crippen LogP contribution in [0.5, 0.6) is 0 Å². The van der Waals surface area contributed by atoms with Crippen LogP contribution in [-0.4, -0.2) is 49.3 Å². The van der Waals surface area contributed by atoms with Crippen molar-refractivity contribution in [1.29, 1.82) is 0 Å². The first-order valence-electron chi connectivity index (χ1n) is 9.65. The highest BCUT2D eigenvalue weighted by Gasteiger charge is 2.48. The molecule has 3 rings (SSSR count). The predicted molar refractivity (Wildman–Crippen MR) is 99.0 cm³/mol. The van der Waals surface area contributed by atoms with Gasteiger partial charge in [-0.3, -0.25) is 9.79 Å². The predicted octanol–water partition coefficient (Wildman–Crippen LogP) is 2.97. The quantitative estimate of drug-likeness (QED) is 0.741. The fourth-order valence-electron chi connectivity index (χ4n) is 4.38. The van der Waals surface area contributed by atoms with Crippen LogP contribution in [-0.2, 0) is 14.8 Å². The zero-order chi connectivity index (χ0) is 20.6. The lowest BCUT2D eigenvalue weighted by molar-refractivity contribution is -0.138. The van der Waals surface area contributed by atoms with E-state index < -0.39 is 28.2 Å². The van der Waals surface area contributed by atoms with Gasteiger partial charge in [0.05, 0.1) is 0 Å². The lowest BCUT2D eigenvalue weighted by Crippen LogP contribution is -2.50. The number of nitrogens with zero attached hydrogens (tertiary/aromatic N) is 2. The minimum Gasteiger partial charge on any atom is -0.312 e. The number of carbonyl (C=O) groups excluding carboxylic acids is 1. The molecule has 1 saturated heterocycles. The molecule has 2 aliphatic heterocycles. The van der Waals surface area contributed by atoms with Crippen molar-refractivity contribution in [2.24, 2.45) is 16.8 Å². The summed E-state index contributed by atoms with van der Waals surface area (Å²) in [4.78, 5) is 17.2. The summed E-state index contributed by atoms with van der Waals surface area (Å²) in [6, 6.07) is 0. The number of rotatable bonds is 5. The molecular formula is C18H26F3N3O3S. The van der Waals surface area contributed by atoms with Crippen molar-refractivity contribution < 1.29 is 26.4 Å². The zero-order valence-electron chi connectivity index (χ0n) is 15.7. The Balaban J connectivity index is 1.57. The van der Waals surface area contributed by atoms with Crippen LogP contribution in [0.4, 0.5) is 13.2 Å². The standard InChI is InChI=1S/C18H26F3N3O3S/c1-2-28(26,27)24-11-9-17(10-12-24)16(25)22-15(23-17)14-5-3-13(4-6-14)7-8-18(19,20)21/h2,13-14H,1,3-12H2,(H,22,23,25)/t13-,14-. The van der Waals surface area contributed by atoms with Crippen LogP contribution in [0.1, 0.15) is 51.4 Å². The van der Waals surface area contributed by atoms with Crippen molar-refractivity contribution >= 4 is 21.8 Å². The van der Waals surface area contributed by atoms with Crippen molar-refractivity contribution in [3.8, 4) is 0 Å². The number of amidine groups is 1. The summed E-state index contributed by atoms with van der Waals surface area (Å²) in [6.07, 6.45) is -1.22. The summed E-state index contributed by atoms with van der Waals surface area (Å²) in [6.45, 7) is 3.74. The number of hydrogen-bond acceptors (Lipinski definition) is 4. The molecule has 0 aromatic carbocycles. The molecule has 0 unspecified atom stereocenters. The Hall–Kier alpha value is -1.42. The van der Waals surface area contributed by atoms with Gasteiger partial charge in [0.25, 0.3) is 5.91 Å². The highest BCUT2D eigenvalue weighted by molar-refractivity contribution is 7.92. The number of amides is 1. The SMILES string of the molecule is C=CS(=O)(=O)N1CCC2(CC1)N=C([C@H]1CC[C@H](CCC(F)(F)F)CC1)NC2=O. The van der Waals surface area contributed by atoms with E-state index in [0.29, 0.717) is 44.4 Å². The summed E-state index contributed by atoms with van der Waals surface area (Å²) in [5.74, 6) is 0.550. The molecule has 0 aromatic rings. The summed E-state index contributed by atoms with van der Waals surface area (Å²) < 4.78 is 62.3. The average molecular weight is 421 g/mol. The third-order valence-electron chi connectivity index (χ3n) is 6.19. The van der Waals surface area contributed by atoms with Crippen LogP contribution in [0, 0.1) is 11.8 Å².